The highest BCUT2D eigenvalue weighted by atomic mass is 16.5. The summed E-state index contributed by atoms with van der Waals surface area (Å²) in [6.07, 6.45) is 0. The average molecular weight is 429 g/mol. The number of nitrogens with zero attached hydrogens (tertiary/aromatic N) is 1. The lowest BCUT2D eigenvalue weighted by atomic mass is 10.1. The molecule has 0 saturated heterocycles. The highest BCUT2D eigenvalue weighted by Crippen LogP contribution is 2.19. The number of methoxy groups -OCH3 is 2. The SMILES string of the molecule is CC[NH+](CC(=O)Nc1cc(C(=O)OC)ccc1C(=O)OC)Cc1ccc(N(C)C)cc1. The molecule has 2 rings (SSSR count). The number of carbonyl (C=O) groups excluding carboxylic acids is 3. The zero-order valence-corrected chi connectivity index (χ0v) is 18.7. The van der Waals surface area contributed by atoms with E-state index in [2.05, 4.69) is 17.4 Å². The summed E-state index contributed by atoms with van der Waals surface area (Å²) in [6, 6.07) is 12.5. The molecule has 0 bridgehead atoms. The van der Waals surface area contributed by atoms with Crippen LogP contribution in [0.15, 0.2) is 42.5 Å². The molecule has 0 heterocycles. The number of benzene rings is 2. The summed E-state index contributed by atoms with van der Waals surface area (Å²) >= 11 is 0. The van der Waals surface area contributed by atoms with E-state index in [0.717, 1.165) is 22.7 Å². The maximum Gasteiger partial charge on any atom is 0.339 e. The Morgan fingerprint density at radius 1 is 0.968 bits per heavy atom. The molecule has 2 aromatic rings. The third-order valence-corrected chi connectivity index (χ3v) is 4.94. The van der Waals surface area contributed by atoms with Gasteiger partial charge in [-0.3, -0.25) is 4.79 Å². The van der Waals surface area contributed by atoms with Gasteiger partial charge in [-0.05, 0) is 37.3 Å². The minimum Gasteiger partial charge on any atom is -0.465 e. The minimum atomic E-state index is -0.604. The molecule has 0 aliphatic carbocycles. The van der Waals surface area contributed by atoms with Gasteiger partial charge in [-0.15, -0.1) is 0 Å². The van der Waals surface area contributed by atoms with Crippen molar-refractivity contribution in [1.29, 1.82) is 0 Å². The van der Waals surface area contributed by atoms with Gasteiger partial charge in [0.2, 0.25) is 0 Å². The van der Waals surface area contributed by atoms with Gasteiger partial charge in [0.25, 0.3) is 5.91 Å². The van der Waals surface area contributed by atoms with E-state index in [-0.39, 0.29) is 29.3 Å². The molecule has 2 aromatic carbocycles. The van der Waals surface area contributed by atoms with Gasteiger partial charge in [-0.2, -0.15) is 0 Å². The molecule has 166 valence electrons. The van der Waals surface area contributed by atoms with Gasteiger partial charge in [0.15, 0.2) is 6.54 Å². The number of amides is 1. The predicted octanol–water partition coefficient (Wildman–Crippen LogP) is 1.37. The molecule has 0 aliphatic rings. The van der Waals surface area contributed by atoms with Crippen LogP contribution in [-0.2, 0) is 20.8 Å². The fourth-order valence-electron chi connectivity index (χ4n) is 3.12. The molecule has 0 radical (unpaired) electrons. The van der Waals surface area contributed by atoms with Gasteiger partial charge in [-0.25, -0.2) is 9.59 Å². The first-order chi connectivity index (χ1) is 14.8. The molecular formula is C23H30N3O5+. The van der Waals surface area contributed by atoms with Crippen molar-refractivity contribution in [3.63, 3.8) is 0 Å². The lowest BCUT2D eigenvalue weighted by Crippen LogP contribution is -3.11. The lowest BCUT2D eigenvalue weighted by Gasteiger charge is -2.19. The fraction of sp³-hybridized carbons (Fsp3) is 0.348. The first-order valence-corrected chi connectivity index (χ1v) is 9.99. The monoisotopic (exact) mass is 428 g/mol. The molecule has 2 N–H and O–H groups in total. The number of esters is 2. The second-order valence-electron chi connectivity index (χ2n) is 7.31. The summed E-state index contributed by atoms with van der Waals surface area (Å²) in [6.45, 7) is 3.64. The van der Waals surface area contributed by atoms with E-state index in [9.17, 15) is 14.4 Å². The highest BCUT2D eigenvalue weighted by Gasteiger charge is 2.19. The van der Waals surface area contributed by atoms with Crippen molar-refractivity contribution in [2.75, 3.05) is 51.6 Å². The zero-order chi connectivity index (χ0) is 23.0. The third kappa shape index (κ3) is 6.55. The lowest BCUT2D eigenvalue weighted by molar-refractivity contribution is -0.903. The summed E-state index contributed by atoms with van der Waals surface area (Å²) in [5.74, 6) is -1.43. The Morgan fingerprint density at radius 3 is 2.16 bits per heavy atom. The molecule has 0 aromatic heterocycles. The van der Waals surface area contributed by atoms with Crippen LogP contribution in [0.1, 0.15) is 33.2 Å². The summed E-state index contributed by atoms with van der Waals surface area (Å²) in [4.78, 5) is 39.7. The second kappa shape index (κ2) is 11.1. The topological polar surface area (TPSA) is 89.4 Å². The Bertz CT molecular complexity index is 925. The predicted molar refractivity (Wildman–Crippen MR) is 119 cm³/mol. The molecule has 31 heavy (non-hydrogen) atoms. The highest BCUT2D eigenvalue weighted by molar-refractivity contribution is 6.03. The molecule has 0 saturated carbocycles. The standard InChI is InChI=1S/C23H29N3O5/c1-6-26(14-16-7-10-18(11-8-16)25(2)3)15-21(27)24-20-13-17(22(28)30-4)9-12-19(20)23(29)31-5/h7-13H,6,14-15H2,1-5H3,(H,24,27)/p+1. The van der Waals surface area contributed by atoms with Gasteiger partial charge in [0.1, 0.15) is 6.54 Å². The molecule has 8 heteroatoms. The van der Waals surface area contributed by atoms with E-state index < -0.39 is 11.9 Å². The van der Waals surface area contributed by atoms with Gasteiger partial charge in [0.05, 0.1) is 37.6 Å². The zero-order valence-electron chi connectivity index (χ0n) is 18.7. The summed E-state index contributed by atoms with van der Waals surface area (Å²) in [5, 5.41) is 2.74. The summed E-state index contributed by atoms with van der Waals surface area (Å²) in [7, 11) is 6.50. The molecule has 1 unspecified atom stereocenters. The van der Waals surface area contributed by atoms with E-state index in [0.29, 0.717) is 6.54 Å². The average Bonchev–Trinajstić information content (AvgIpc) is 2.77. The van der Waals surface area contributed by atoms with Crippen LogP contribution >= 0.6 is 0 Å². The Balaban J connectivity index is 2.13. The number of hydrogen-bond donors (Lipinski definition) is 2. The first-order valence-electron chi connectivity index (χ1n) is 9.99. The quantitative estimate of drug-likeness (QED) is 0.587. The number of ether oxygens (including phenoxy) is 2. The Hall–Kier alpha value is -3.39. The van der Waals surface area contributed by atoms with Crippen LogP contribution in [0.2, 0.25) is 0 Å². The van der Waals surface area contributed by atoms with E-state index in [1.165, 1.54) is 32.4 Å². The number of carbonyl (C=O) groups is 3. The van der Waals surface area contributed by atoms with E-state index in [1.54, 1.807) is 0 Å². The van der Waals surface area contributed by atoms with E-state index >= 15 is 0 Å². The smallest absolute Gasteiger partial charge is 0.339 e. The molecule has 8 nitrogen and oxygen atoms in total. The maximum absolute atomic E-state index is 12.7. The van der Waals surface area contributed by atoms with E-state index in [1.807, 2.05) is 38.1 Å². The van der Waals surface area contributed by atoms with Crippen molar-refractivity contribution in [3.05, 3.63) is 59.2 Å². The normalized spacial score (nSPS) is 11.4. The maximum atomic E-state index is 12.7. The van der Waals surface area contributed by atoms with Crippen LogP contribution in [0.5, 0.6) is 0 Å². The van der Waals surface area contributed by atoms with Gasteiger partial charge in [0, 0.05) is 25.3 Å². The Morgan fingerprint density at radius 2 is 1.61 bits per heavy atom. The van der Waals surface area contributed by atoms with Crippen LogP contribution < -0.4 is 15.1 Å². The van der Waals surface area contributed by atoms with Crippen LogP contribution in [0.4, 0.5) is 11.4 Å². The van der Waals surface area contributed by atoms with Crippen molar-refractivity contribution >= 4 is 29.2 Å². The van der Waals surface area contributed by atoms with Crippen molar-refractivity contribution < 1.29 is 28.8 Å². The van der Waals surface area contributed by atoms with Crippen molar-refractivity contribution in [3.8, 4) is 0 Å². The van der Waals surface area contributed by atoms with Crippen LogP contribution in [0.25, 0.3) is 0 Å². The third-order valence-electron chi connectivity index (χ3n) is 4.94. The van der Waals surface area contributed by atoms with Crippen LogP contribution in [0.3, 0.4) is 0 Å². The molecule has 0 aliphatic heterocycles. The minimum absolute atomic E-state index is 0.167. The largest absolute Gasteiger partial charge is 0.465 e. The number of hydrogen-bond acceptors (Lipinski definition) is 6. The van der Waals surface area contributed by atoms with Crippen LogP contribution in [0, 0.1) is 0 Å². The summed E-state index contributed by atoms with van der Waals surface area (Å²) < 4.78 is 9.50. The molecule has 0 spiro atoms. The van der Waals surface area contributed by atoms with E-state index in [4.69, 9.17) is 9.47 Å². The second-order valence-corrected chi connectivity index (χ2v) is 7.31. The van der Waals surface area contributed by atoms with Gasteiger partial charge in [-0.1, -0.05) is 12.1 Å². The molecule has 1 atom stereocenters. The van der Waals surface area contributed by atoms with Gasteiger partial charge < -0.3 is 24.6 Å². The van der Waals surface area contributed by atoms with Crippen molar-refractivity contribution in [2.24, 2.45) is 0 Å². The molecular weight excluding hydrogens is 398 g/mol. The Labute approximate surface area is 182 Å². The van der Waals surface area contributed by atoms with Crippen LogP contribution in [-0.4, -0.2) is 59.3 Å². The first kappa shape index (κ1) is 23.9. The number of anilines is 2. The number of nitrogens with one attached hydrogen (secondary N) is 2. The summed E-state index contributed by atoms with van der Waals surface area (Å²) in [5.41, 5.74) is 2.84. The van der Waals surface area contributed by atoms with Crippen molar-refractivity contribution in [1.82, 2.24) is 0 Å². The fourth-order valence-corrected chi connectivity index (χ4v) is 3.12. The molecule has 1 amide bonds. The molecule has 0 fully saturated rings. The Kier molecular flexibility index (Phi) is 8.57. The number of rotatable bonds is 9. The van der Waals surface area contributed by atoms with Gasteiger partial charge >= 0.3 is 11.9 Å². The number of likely N-dealkylation sites (N-methyl/N-ethyl adjacent to an activating group) is 1. The van der Waals surface area contributed by atoms with Crippen molar-refractivity contribution in [2.45, 2.75) is 13.5 Å². The number of quaternary nitrogens is 1.